The van der Waals surface area contributed by atoms with Crippen LogP contribution in [0, 0.1) is 13.8 Å². The first-order chi connectivity index (χ1) is 11.6. The first-order valence-corrected chi connectivity index (χ1v) is 7.97. The Balaban J connectivity index is 2.15. The minimum atomic E-state index is -5.01. The standard InChI is InChI=1S/C17H21F3N2O3/c1-4-5-13-9-16(24,17(18,19)20)22(21-13)15(23)10-25-14-7-6-11(2)12(3)8-14/h6-8,24H,4-5,9-10H2,1-3H3. The normalized spacial score (nSPS) is 20.6. The van der Waals surface area contributed by atoms with E-state index in [9.17, 15) is 23.1 Å². The van der Waals surface area contributed by atoms with Crippen LogP contribution in [0.3, 0.4) is 0 Å². The van der Waals surface area contributed by atoms with Gasteiger partial charge >= 0.3 is 6.18 Å². The van der Waals surface area contributed by atoms with E-state index in [1.165, 1.54) is 0 Å². The fraction of sp³-hybridized carbons (Fsp3) is 0.529. The van der Waals surface area contributed by atoms with Crippen molar-refractivity contribution < 1.29 is 27.8 Å². The van der Waals surface area contributed by atoms with Gasteiger partial charge in [0.1, 0.15) is 5.75 Å². The largest absolute Gasteiger partial charge is 0.484 e. The summed E-state index contributed by atoms with van der Waals surface area (Å²) in [5.41, 5.74) is -1.22. The number of hydrazone groups is 1. The quantitative estimate of drug-likeness (QED) is 0.878. The summed E-state index contributed by atoms with van der Waals surface area (Å²) in [7, 11) is 0. The van der Waals surface area contributed by atoms with Crippen molar-refractivity contribution in [1.29, 1.82) is 0 Å². The average Bonchev–Trinajstić information content (AvgIpc) is 2.86. The van der Waals surface area contributed by atoms with Gasteiger partial charge in [-0.2, -0.15) is 23.3 Å². The van der Waals surface area contributed by atoms with Crippen LogP contribution in [0.5, 0.6) is 5.75 Å². The van der Waals surface area contributed by atoms with Gasteiger partial charge in [0.25, 0.3) is 11.6 Å². The minimum Gasteiger partial charge on any atom is -0.484 e. The first kappa shape index (κ1) is 19.2. The molecule has 2 rings (SSSR count). The van der Waals surface area contributed by atoms with Gasteiger partial charge in [0, 0.05) is 12.1 Å². The predicted octanol–water partition coefficient (Wildman–Crippen LogP) is 3.32. The number of halogens is 3. The van der Waals surface area contributed by atoms with Gasteiger partial charge in [0.05, 0.1) is 0 Å². The van der Waals surface area contributed by atoms with E-state index in [0.29, 0.717) is 12.2 Å². The number of hydrogen-bond donors (Lipinski definition) is 1. The molecule has 5 nitrogen and oxygen atoms in total. The number of amides is 1. The second-order valence-electron chi connectivity index (χ2n) is 6.15. The maximum absolute atomic E-state index is 13.3. The Hall–Kier alpha value is -2.09. The van der Waals surface area contributed by atoms with E-state index in [4.69, 9.17) is 4.74 Å². The molecule has 1 atom stereocenters. The van der Waals surface area contributed by atoms with Crippen LogP contribution in [0.4, 0.5) is 13.2 Å². The number of alkyl halides is 3. The maximum Gasteiger partial charge on any atom is 0.438 e. The van der Waals surface area contributed by atoms with Crippen LogP contribution in [0.2, 0.25) is 0 Å². The summed E-state index contributed by atoms with van der Waals surface area (Å²) < 4.78 is 45.1. The Bertz CT molecular complexity index is 688. The highest BCUT2D eigenvalue weighted by molar-refractivity contribution is 5.91. The maximum atomic E-state index is 13.3. The molecule has 0 saturated carbocycles. The van der Waals surface area contributed by atoms with Crippen LogP contribution >= 0.6 is 0 Å². The molecule has 1 unspecified atom stereocenters. The van der Waals surface area contributed by atoms with Crippen molar-refractivity contribution >= 4 is 11.6 Å². The van der Waals surface area contributed by atoms with Gasteiger partial charge in [-0.15, -0.1) is 0 Å². The molecular weight excluding hydrogens is 337 g/mol. The fourth-order valence-electron chi connectivity index (χ4n) is 2.54. The molecule has 25 heavy (non-hydrogen) atoms. The van der Waals surface area contributed by atoms with Crippen molar-refractivity contribution in [2.45, 2.75) is 51.9 Å². The summed E-state index contributed by atoms with van der Waals surface area (Å²) in [4.78, 5) is 12.2. The lowest BCUT2D eigenvalue weighted by Gasteiger charge is -2.32. The van der Waals surface area contributed by atoms with E-state index in [2.05, 4.69) is 5.10 Å². The minimum absolute atomic E-state index is 0.110. The summed E-state index contributed by atoms with van der Waals surface area (Å²) in [6, 6.07) is 5.10. The van der Waals surface area contributed by atoms with Crippen LogP contribution in [0.25, 0.3) is 0 Å². The molecule has 0 radical (unpaired) electrons. The molecule has 1 amide bonds. The molecule has 1 aliphatic heterocycles. The molecule has 0 bridgehead atoms. The first-order valence-electron chi connectivity index (χ1n) is 7.97. The van der Waals surface area contributed by atoms with E-state index >= 15 is 0 Å². The molecule has 8 heteroatoms. The van der Waals surface area contributed by atoms with Gasteiger partial charge in [-0.1, -0.05) is 19.4 Å². The molecule has 0 fully saturated rings. The fourth-order valence-corrected chi connectivity index (χ4v) is 2.54. The van der Waals surface area contributed by atoms with Crippen molar-refractivity contribution in [2.24, 2.45) is 5.10 Å². The molecule has 0 spiro atoms. The van der Waals surface area contributed by atoms with Crippen molar-refractivity contribution in [3.8, 4) is 5.75 Å². The number of nitrogens with zero attached hydrogens (tertiary/aromatic N) is 2. The van der Waals surface area contributed by atoms with Gasteiger partial charge in [-0.3, -0.25) is 4.79 Å². The van der Waals surface area contributed by atoms with Crippen molar-refractivity contribution in [3.05, 3.63) is 29.3 Å². The second-order valence-corrected chi connectivity index (χ2v) is 6.15. The van der Waals surface area contributed by atoms with E-state index in [-0.39, 0.29) is 17.1 Å². The highest BCUT2D eigenvalue weighted by Crippen LogP contribution is 2.40. The zero-order chi connectivity index (χ0) is 18.8. The molecular formula is C17H21F3N2O3. The summed E-state index contributed by atoms with van der Waals surface area (Å²) in [6.07, 6.45) is -4.91. The van der Waals surface area contributed by atoms with Gasteiger partial charge in [0.2, 0.25) is 0 Å². The molecule has 1 heterocycles. The van der Waals surface area contributed by atoms with Crippen LogP contribution in [-0.4, -0.2) is 40.2 Å². The highest BCUT2D eigenvalue weighted by atomic mass is 19.4. The van der Waals surface area contributed by atoms with E-state index in [1.54, 1.807) is 25.1 Å². The number of aliphatic hydroxyl groups is 1. The predicted molar refractivity (Wildman–Crippen MR) is 86.2 cm³/mol. The Morgan fingerprint density at radius 1 is 1.36 bits per heavy atom. The average molecular weight is 358 g/mol. The van der Waals surface area contributed by atoms with Gasteiger partial charge in [-0.05, 0) is 43.5 Å². The lowest BCUT2D eigenvalue weighted by atomic mass is 10.0. The van der Waals surface area contributed by atoms with Gasteiger partial charge < -0.3 is 9.84 Å². The Kier molecular flexibility index (Phi) is 5.41. The highest BCUT2D eigenvalue weighted by Gasteiger charge is 2.63. The zero-order valence-electron chi connectivity index (χ0n) is 14.4. The molecule has 138 valence electrons. The lowest BCUT2D eigenvalue weighted by Crippen LogP contribution is -2.57. The number of carbonyl (C=O) groups excluding carboxylic acids is 1. The Morgan fingerprint density at radius 2 is 2.04 bits per heavy atom. The smallest absolute Gasteiger partial charge is 0.438 e. The third kappa shape index (κ3) is 3.95. The van der Waals surface area contributed by atoms with Crippen molar-refractivity contribution in [1.82, 2.24) is 5.01 Å². The van der Waals surface area contributed by atoms with Crippen molar-refractivity contribution in [3.63, 3.8) is 0 Å². The van der Waals surface area contributed by atoms with Crippen LogP contribution in [-0.2, 0) is 4.79 Å². The lowest BCUT2D eigenvalue weighted by molar-refractivity contribution is -0.302. The number of rotatable bonds is 5. The number of aryl methyl sites for hydroxylation is 2. The van der Waals surface area contributed by atoms with Gasteiger partial charge in [-0.25, -0.2) is 0 Å². The van der Waals surface area contributed by atoms with Crippen LogP contribution in [0.1, 0.15) is 37.3 Å². The molecule has 0 aliphatic carbocycles. The topological polar surface area (TPSA) is 62.1 Å². The Labute approximate surface area is 144 Å². The number of hydrogen-bond acceptors (Lipinski definition) is 4. The summed E-state index contributed by atoms with van der Waals surface area (Å²) >= 11 is 0. The molecule has 1 N–H and O–H groups in total. The Morgan fingerprint density at radius 3 is 2.60 bits per heavy atom. The van der Waals surface area contributed by atoms with E-state index in [0.717, 1.165) is 11.1 Å². The third-order valence-electron chi connectivity index (χ3n) is 4.11. The zero-order valence-corrected chi connectivity index (χ0v) is 14.4. The van der Waals surface area contributed by atoms with Crippen LogP contribution in [0.15, 0.2) is 23.3 Å². The monoisotopic (exact) mass is 358 g/mol. The third-order valence-corrected chi connectivity index (χ3v) is 4.11. The molecule has 1 aliphatic rings. The second kappa shape index (κ2) is 7.03. The van der Waals surface area contributed by atoms with Crippen LogP contribution < -0.4 is 4.74 Å². The number of carbonyl (C=O) groups is 1. The molecule has 0 aromatic heterocycles. The summed E-state index contributed by atoms with van der Waals surface area (Å²) in [5, 5.41) is 13.8. The summed E-state index contributed by atoms with van der Waals surface area (Å²) in [6.45, 7) is 4.89. The van der Waals surface area contributed by atoms with Gasteiger partial charge in [0.15, 0.2) is 6.61 Å². The number of ether oxygens (including phenoxy) is 1. The molecule has 1 aromatic rings. The SMILES string of the molecule is CCCC1=NN(C(=O)COc2ccc(C)c(C)c2)C(O)(C(F)(F)F)C1. The number of benzene rings is 1. The molecule has 1 aromatic carbocycles. The molecule has 0 saturated heterocycles. The van der Waals surface area contributed by atoms with E-state index in [1.807, 2.05) is 13.8 Å². The summed E-state index contributed by atoms with van der Waals surface area (Å²) in [5.74, 6) is -0.687. The van der Waals surface area contributed by atoms with Crippen molar-refractivity contribution in [2.75, 3.05) is 6.61 Å². The van der Waals surface area contributed by atoms with E-state index < -0.39 is 30.8 Å².